The van der Waals surface area contributed by atoms with Crippen LogP contribution < -0.4 is 10.7 Å². The van der Waals surface area contributed by atoms with Gasteiger partial charge < -0.3 is 10.3 Å². The van der Waals surface area contributed by atoms with E-state index in [0.717, 1.165) is 4.43 Å². The normalized spacial score (nSPS) is 9.62. The fourth-order valence-electron chi connectivity index (χ4n) is 0.850. The van der Waals surface area contributed by atoms with Crippen molar-refractivity contribution < 1.29 is 4.79 Å². The molecule has 70 valence electrons. The molecule has 1 rings (SSSR count). The van der Waals surface area contributed by atoms with Gasteiger partial charge in [-0.1, -0.05) is 22.6 Å². The number of aromatic amines is 1. The highest BCUT2D eigenvalue weighted by Crippen LogP contribution is 1.87. The van der Waals surface area contributed by atoms with Gasteiger partial charge in [-0.3, -0.25) is 9.59 Å². The fraction of sp³-hybridized carbons (Fsp3) is 0.250. The molecule has 0 fully saturated rings. The van der Waals surface area contributed by atoms with Gasteiger partial charge >= 0.3 is 0 Å². The van der Waals surface area contributed by atoms with Crippen molar-refractivity contribution >= 4 is 28.5 Å². The first-order valence-corrected chi connectivity index (χ1v) is 5.29. The van der Waals surface area contributed by atoms with Crippen molar-refractivity contribution in [2.45, 2.75) is 0 Å². The van der Waals surface area contributed by atoms with Crippen molar-refractivity contribution in [3.63, 3.8) is 0 Å². The number of H-pyrrole nitrogens is 1. The van der Waals surface area contributed by atoms with E-state index >= 15 is 0 Å². The number of nitrogens with one attached hydrogen (secondary N) is 2. The van der Waals surface area contributed by atoms with Crippen molar-refractivity contribution in [3.05, 3.63) is 34.2 Å². The summed E-state index contributed by atoms with van der Waals surface area (Å²) < 4.78 is 0.828. The number of hydrogen-bond acceptors (Lipinski definition) is 2. The zero-order valence-corrected chi connectivity index (χ0v) is 9.00. The first-order chi connectivity index (χ1) is 6.25. The standard InChI is InChI=1S/C8H9IN2O2/c9-2-4-11-8(13)6-5-10-3-1-7(6)12/h1,3,5H,2,4H2,(H,10,12)(H,11,13). The van der Waals surface area contributed by atoms with Crippen LogP contribution in [-0.2, 0) is 0 Å². The number of hydrogen-bond donors (Lipinski definition) is 2. The largest absolute Gasteiger partial charge is 0.367 e. The summed E-state index contributed by atoms with van der Waals surface area (Å²) in [5.74, 6) is -0.321. The first kappa shape index (κ1) is 10.2. The van der Waals surface area contributed by atoms with Crippen molar-refractivity contribution in [3.8, 4) is 0 Å². The van der Waals surface area contributed by atoms with Crippen LogP contribution in [0.2, 0.25) is 0 Å². The van der Waals surface area contributed by atoms with Crippen molar-refractivity contribution in [1.82, 2.24) is 10.3 Å². The number of rotatable bonds is 3. The Morgan fingerprint density at radius 3 is 3.00 bits per heavy atom. The summed E-state index contributed by atoms with van der Waals surface area (Å²) in [7, 11) is 0. The van der Waals surface area contributed by atoms with Crippen LogP contribution >= 0.6 is 22.6 Å². The second-order valence-corrected chi connectivity index (χ2v) is 3.45. The van der Waals surface area contributed by atoms with Gasteiger partial charge in [-0.2, -0.15) is 0 Å². The zero-order chi connectivity index (χ0) is 9.68. The lowest BCUT2D eigenvalue weighted by molar-refractivity contribution is 0.0955. The molecule has 0 bridgehead atoms. The van der Waals surface area contributed by atoms with E-state index in [9.17, 15) is 9.59 Å². The predicted octanol–water partition coefficient (Wildman–Crippen LogP) is 0.540. The Bertz CT molecular complexity index is 348. The molecule has 0 aromatic carbocycles. The van der Waals surface area contributed by atoms with Crippen LogP contribution in [0.15, 0.2) is 23.3 Å². The third-order valence-electron chi connectivity index (χ3n) is 1.45. The van der Waals surface area contributed by atoms with Gasteiger partial charge in [-0.15, -0.1) is 0 Å². The minimum absolute atomic E-state index is 0.160. The maximum absolute atomic E-state index is 11.3. The lowest BCUT2D eigenvalue weighted by Crippen LogP contribution is -2.29. The van der Waals surface area contributed by atoms with Crippen LogP contribution in [0.4, 0.5) is 0 Å². The van der Waals surface area contributed by atoms with Crippen LogP contribution in [0.3, 0.4) is 0 Å². The first-order valence-electron chi connectivity index (χ1n) is 3.77. The highest BCUT2D eigenvalue weighted by atomic mass is 127. The number of amides is 1. The molecule has 1 heterocycles. The van der Waals surface area contributed by atoms with Crippen molar-refractivity contribution in [2.24, 2.45) is 0 Å². The maximum Gasteiger partial charge on any atom is 0.256 e. The van der Waals surface area contributed by atoms with Gasteiger partial charge in [0, 0.05) is 29.4 Å². The van der Waals surface area contributed by atoms with E-state index < -0.39 is 0 Å². The molecule has 0 aliphatic rings. The summed E-state index contributed by atoms with van der Waals surface area (Å²) in [5, 5.41) is 2.62. The summed E-state index contributed by atoms with van der Waals surface area (Å²) in [6.07, 6.45) is 2.91. The summed E-state index contributed by atoms with van der Waals surface area (Å²) in [5.41, 5.74) is -0.0999. The van der Waals surface area contributed by atoms with E-state index in [4.69, 9.17) is 0 Å². The Kier molecular flexibility index (Phi) is 3.94. The molecule has 0 aliphatic carbocycles. The van der Waals surface area contributed by atoms with Crippen LogP contribution in [0.5, 0.6) is 0 Å². The molecule has 2 N–H and O–H groups in total. The topological polar surface area (TPSA) is 62.0 Å². The monoisotopic (exact) mass is 292 g/mol. The second kappa shape index (κ2) is 5.00. The number of alkyl halides is 1. The molecule has 13 heavy (non-hydrogen) atoms. The van der Waals surface area contributed by atoms with Crippen LogP contribution in [-0.4, -0.2) is 21.9 Å². The zero-order valence-electron chi connectivity index (χ0n) is 6.84. The van der Waals surface area contributed by atoms with Gasteiger partial charge in [0.05, 0.1) is 0 Å². The number of aromatic nitrogens is 1. The number of carbonyl (C=O) groups is 1. The highest BCUT2D eigenvalue weighted by Gasteiger charge is 2.07. The third-order valence-corrected chi connectivity index (χ3v) is 1.99. The van der Waals surface area contributed by atoms with E-state index in [1.54, 1.807) is 0 Å². The van der Waals surface area contributed by atoms with E-state index in [-0.39, 0.29) is 16.9 Å². The molecule has 1 amide bonds. The fourth-order valence-corrected chi connectivity index (χ4v) is 1.12. The van der Waals surface area contributed by atoms with Crippen molar-refractivity contribution in [2.75, 3.05) is 11.0 Å². The summed E-state index contributed by atoms with van der Waals surface area (Å²) in [6.45, 7) is 0.577. The van der Waals surface area contributed by atoms with E-state index in [2.05, 4.69) is 32.9 Å². The minimum atomic E-state index is -0.321. The molecular formula is C8H9IN2O2. The van der Waals surface area contributed by atoms with E-state index in [0.29, 0.717) is 6.54 Å². The molecule has 1 aromatic rings. The number of halogens is 1. The van der Waals surface area contributed by atoms with Gasteiger partial charge in [0.15, 0.2) is 5.43 Å². The number of pyridine rings is 1. The SMILES string of the molecule is O=C(NCCI)c1c[nH]ccc1=O. The Balaban J connectivity index is 2.77. The molecule has 0 saturated heterocycles. The Hall–Kier alpha value is -0.850. The molecule has 0 spiro atoms. The Morgan fingerprint density at radius 2 is 2.38 bits per heavy atom. The van der Waals surface area contributed by atoms with Crippen molar-refractivity contribution in [1.29, 1.82) is 0 Å². The lowest BCUT2D eigenvalue weighted by atomic mass is 10.2. The second-order valence-electron chi connectivity index (χ2n) is 2.37. The maximum atomic E-state index is 11.3. The van der Waals surface area contributed by atoms with Crippen LogP contribution in [0.1, 0.15) is 10.4 Å². The molecule has 0 aliphatic heterocycles. The van der Waals surface area contributed by atoms with Gasteiger partial charge in [0.1, 0.15) is 5.56 Å². The van der Waals surface area contributed by atoms with Gasteiger partial charge in [-0.05, 0) is 0 Å². The minimum Gasteiger partial charge on any atom is -0.367 e. The summed E-state index contributed by atoms with van der Waals surface area (Å²) in [4.78, 5) is 25.1. The number of carbonyl (C=O) groups excluding carboxylic acids is 1. The molecule has 0 saturated carbocycles. The van der Waals surface area contributed by atoms with Gasteiger partial charge in [-0.25, -0.2) is 0 Å². The average molecular weight is 292 g/mol. The van der Waals surface area contributed by atoms with Gasteiger partial charge in [0.25, 0.3) is 5.91 Å². The smallest absolute Gasteiger partial charge is 0.256 e. The van der Waals surface area contributed by atoms with E-state index in [1.165, 1.54) is 18.5 Å². The predicted molar refractivity (Wildman–Crippen MR) is 58.3 cm³/mol. The molecule has 0 radical (unpaired) electrons. The molecule has 1 aromatic heterocycles. The Morgan fingerprint density at radius 1 is 1.62 bits per heavy atom. The lowest BCUT2D eigenvalue weighted by Gasteiger charge is -2.00. The molecule has 0 atom stereocenters. The summed E-state index contributed by atoms with van der Waals surface area (Å²) in [6, 6.07) is 1.33. The average Bonchev–Trinajstić information content (AvgIpc) is 2.15. The van der Waals surface area contributed by atoms with E-state index in [1.807, 2.05) is 0 Å². The highest BCUT2D eigenvalue weighted by molar-refractivity contribution is 14.1. The van der Waals surface area contributed by atoms with Gasteiger partial charge in [0.2, 0.25) is 0 Å². The molecular weight excluding hydrogens is 283 g/mol. The third kappa shape index (κ3) is 2.83. The van der Waals surface area contributed by atoms with Crippen LogP contribution in [0, 0.1) is 0 Å². The molecule has 4 nitrogen and oxygen atoms in total. The quantitative estimate of drug-likeness (QED) is 0.631. The molecule has 0 unspecified atom stereocenters. The van der Waals surface area contributed by atoms with Crippen LogP contribution in [0.25, 0.3) is 0 Å². The Labute approximate surface area is 88.9 Å². The summed E-state index contributed by atoms with van der Waals surface area (Å²) >= 11 is 2.15. The molecule has 5 heteroatoms.